The van der Waals surface area contributed by atoms with Crippen molar-refractivity contribution in [1.82, 2.24) is 14.4 Å². The van der Waals surface area contributed by atoms with Crippen molar-refractivity contribution in [3.8, 4) is 22.8 Å². The molecule has 0 bridgehead atoms. The zero-order chi connectivity index (χ0) is 23.6. The Morgan fingerprint density at radius 1 is 1.03 bits per heavy atom. The first-order chi connectivity index (χ1) is 15.8. The molecule has 4 aromatic rings. The van der Waals surface area contributed by atoms with Gasteiger partial charge in [0, 0.05) is 29.7 Å². The smallest absolute Gasteiger partial charge is 0.285 e. The number of imidazole rings is 1. The lowest BCUT2D eigenvalue weighted by molar-refractivity contribution is 0.355. The van der Waals surface area contributed by atoms with Gasteiger partial charge in [-0.15, -0.1) is 4.40 Å². The van der Waals surface area contributed by atoms with E-state index in [1.54, 1.807) is 49.2 Å². The van der Waals surface area contributed by atoms with E-state index >= 15 is 0 Å². The van der Waals surface area contributed by atoms with Crippen molar-refractivity contribution in [2.45, 2.75) is 12.3 Å². The van der Waals surface area contributed by atoms with Gasteiger partial charge in [-0.05, 0) is 42.5 Å². The highest BCUT2D eigenvalue weighted by Gasteiger charge is 2.14. The summed E-state index contributed by atoms with van der Waals surface area (Å²) in [4.78, 5) is 9.05. The van der Waals surface area contributed by atoms with Gasteiger partial charge in [0.1, 0.15) is 5.65 Å². The van der Waals surface area contributed by atoms with Crippen LogP contribution >= 0.6 is 0 Å². The Labute approximate surface area is 197 Å². The SMILES string of the molecule is C.COc1ccc(-c2cc3nccn3c(Nc3ccc(S(=O)(=O)N=C(N)N)cc3)n2)cc1OC. The normalized spacial score (nSPS) is 10.9. The van der Waals surface area contributed by atoms with E-state index in [2.05, 4.69) is 14.7 Å². The fraction of sp³-hybridized carbons (Fsp3) is 0.136. The first-order valence-electron chi connectivity index (χ1n) is 9.60. The highest BCUT2D eigenvalue weighted by atomic mass is 32.2. The fourth-order valence-corrected chi connectivity index (χ4v) is 4.05. The first-order valence-corrected chi connectivity index (χ1v) is 11.0. The van der Waals surface area contributed by atoms with Crippen molar-refractivity contribution >= 4 is 33.3 Å². The molecule has 12 heteroatoms. The number of nitrogens with one attached hydrogen (secondary N) is 1. The molecule has 178 valence electrons. The summed E-state index contributed by atoms with van der Waals surface area (Å²) in [5.74, 6) is 1.13. The number of methoxy groups -OCH3 is 2. The van der Waals surface area contributed by atoms with Crippen molar-refractivity contribution in [1.29, 1.82) is 0 Å². The van der Waals surface area contributed by atoms with Crippen LogP contribution in [0.25, 0.3) is 16.9 Å². The second-order valence-corrected chi connectivity index (χ2v) is 8.43. The fourth-order valence-electron chi connectivity index (χ4n) is 3.19. The largest absolute Gasteiger partial charge is 0.493 e. The van der Waals surface area contributed by atoms with Crippen molar-refractivity contribution in [3.63, 3.8) is 0 Å². The van der Waals surface area contributed by atoms with Gasteiger partial charge in [0.2, 0.25) is 11.9 Å². The van der Waals surface area contributed by atoms with E-state index in [0.717, 1.165) is 5.56 Å². The van der Waals surface area contributed by atoms with Gasteiger partial charge >= 0.3 is 0 Å². The predicted octanol–water partition coefficient (Wildman–Crippen LogP) is 2.76. The third-order valence-electron chi connectivity index (χ3n) is 4.70. The lowest BCUT2D eigenvalue weighted by atomic mass is 10.1. The van der Waals surface area contributed by atoms with Crippen LogP contribution < -0.4 is 26.3 Å². The number of guanidine groups is 1. The molecule has 0 amide bonds. The van der Waals surface area contributed by atoms with Crippen LogP contribution in [0.2, 0.25) is 0 Å². The third kappa shape index (κ3) is 4.86. The van der Waals surface area contributed by atoms with Crippen LogP contribution in [0.4, 0.5) is 11.6 Å². The van der Waals surface area contributed by atoms with Gasteiger partial charge in [0.25, 0.3) is 10.0 Å². The molecule has 2 aromatic carbocycles. The number of aromatic nitrogens is 3. The lowest BCUT2D eigenvalue weighted by Crippen LogP contribution is -2.24. The molecule has 34 heavy (non-hydrogen) atoms. The van der Waals surface area contributed by atoms with Crippen molar-refractivity contribution in [2.75, 3.05) is 19.5 Å². The van der Waals surface area contributed by atoms with E-state index in [1.165, 1.54) is 12.1 Å². The molecule has 11 nitrogen and oxygen atoms in total. The Kier molecular flexibility index (Phi) is 6.92. The summed E-state index contributed by atoms with van der Waals surface area (Å²) < 4.78 is 40.0. The topological polar surface area (TPSA) is 159 Å². The number of benzene rings is 2. The number of nitrogens with zero attached hydrogens (tertiary/aromatic N) is 4. The predicted molar refractivity (Wildman–Crippen MR) is 131 cm³/mol. The minimum Gasteiger partial charge on any atom is -0.493 e. The van der Waals surface area contributed by atoms with Crippen LogP contribution in [-0.4, -0.2) is 43.0 Å². The number of anilines is 2. The Morgan fingerprint density at radius 2 is 1.74 bits per heavy atom. The molecule has 0 spiro atoms. The second kappa shape index (κ2) is 9.67. The molecule has 0 aliphatic heterocycles. The van der Waals surface area contributed by atoms with Crippen LogP contribution in [0.1, 0.15) is 7.43 Å². The summed E-state index contributed by atoms with van der Waals surface area (Å²) in [7, 11) is -0.835. The molecule has 2 aromatic heterocycles. The minimum absolute atomic E-state index is 0. The van der Waals surface area contributed by atoms with E-state index in [9.17, 15) is 8.42 Å². The van der Waals surface area contributed by atoms with Crippen molar-refractivity contribution in [2.24, 2.45) is 15.9 Å². The Balaban J connectivity index is 0.00000324. The molecule has 0 aliphatic rings. The maximum atomic E-state index is 12.1. The molecular weight excluding hydrogens is 458 g/mol. The van der Waals surface area contributed by atoms with Crippen LogP contribution in [0.5, 0.6) is 11.5 Å². The average molecular weight is 484 g/mol. The van der Waals surface area contributed by atoms with Crippen molar-refractivity contribution in [3.05, 3.63) is 60.9 Å². The summed E-state index contributed by atoms with van der Waals surface area (Å²) in [5.41, 5.74) is 13.1. The van der Waals surface area contributed by atoms with E-state index in [0.29, 0.717) is 34.5 Å². The molecule has 4 rings (SSSR count). The molecule has 0 unspecified atom stereocenters. The number of ether oxygens (including phenoxy) is 2. The van der Waals surface area contributed by atoms with Crippen LogP contribution in [0.15, 0.2) is 70.2 Å². The molecular formula is C22H25N7O4S. The van der Waals surface area contributed by atoms with E-state index in [4.69, 9.17) is 25.9 Å². The van der Waals surface area contributed by atoms with Gasteiger partial charge in [-0.25, -0.2) is 9.97 Å². The molecule has 0 saturated heterocycles. The maximum Gasteiger partial charge on any atom is 0.285 e. The highest BCUT2D eigenvalue weighted by Crippen LogP contribution is 2.32. The summed E-state index contributed by atoms with van der Waals surface area (Å²) >= 11 is 0. The summed E-state index contributed by atoms with van der Waals surface area (Å²) in [5, 5.41) is 3.19. The standard InChI is InChI=1S/C21H21N7O4S.CH4/c1-31-17-8-3-13(11-18(17)32-2)16-12-19-24-9-10-28(19)21(26-16)25-14-4-6-15(7-5-14)33(29,30)27-20(22)23;/h3-12H,1-2H3,(H,25,26)(H4,22,23,27);1H4. The number of sulfonamides is 1. The molecule has 0 atom stereocenters. The van der Waals surface area contributed by atoms with E-state index in [-0.39, 0.29) is 12.3 Å². The highest BCUT2D eigenvalue weighted by molar-refractivity contribution is 7.90. The van der Waals surface area contributed by atoms with Gasteiger partial charge < -0.3 is 26.3 Å². The van der Waals surface area contributed by atoms with Crippen LogP contribution in [0.3, 0.4) is 0 Å². The van der Waals surface area contributed by atoms with Gasteiger partial charge in [0.15, 0.2) is 11.5 Å². The first kappa shape index (κ1) is 24.3. The molecule has 0 aliphatic carbocycles. The summed E-state index contributed by atoms with van der Waals surface area (Å²) in [6.07, 6.45) is 3.42. The Morgan fingerprint density at radius 3 is 2.38 bits per heavy atom. The molecule has 0 radical (unpaired) electrons. The number of nitrogens with two attached hydrogens (primary N) is 2. The summed E-state index contributed by atoms with van der Waals surface area (Å²) in [6, 6.07) is 13.3. The quantitative estimate of drug-likeness (QED) is 0.265. The molecule has 5 N–H and O–H groups in total. The van der Waals surface area contributed by atoms with Gasteiger partial charge in [-0.2, -0.15) is 8.42 Å². The molecule has 0 fully saturated rings. The Hall–Kier alpha value is -4.32. The summed E-state index contributed by atoms with van der Waals surface area (Å²) in [6.45, 7) is 0. The minimum atomic E-state index is -3.97. The second-order valence-electron chi connectivity index (χ2n) is 6.83. The lowest BCUT2D eigenvalue weighted by Gasteiger charge is -2.12. The van der Waals surface area contributed by atoms with E-state index < -0.39 is 16.0 Å². The zero-order valence-corrected chi connectivity index (χ0v) is 18.6. The number of rotatable bonds is 7. The number of hydrogen-bond acceptors (Lipinski definition) is 7. The van der Waals surface area contributed by atoms with E-state index in [1.807, 2.05) is 18.2 Å². The van der Waals surface area contributed by atoms with Gasteiger partial charge in [0.05, 0.1) is 24.8 Å². The van der Waals surface area contributed by atoms with Crippen molar-refractivity contribution < 1.29 is 17.9 Å². The maximum absolute atomic E-state index is 12.1. The molecule has 2 heterocycles. The van der Waals surface area contributed by atoms with Crippen LogP contribution in [0, 0.1) is 0 Å². The molecule has 0 saturated carbocycles. The third-order valence-corrected chi connectivity index (χ3v) is 6.02. The van der Waals surface area contributed by atoms with Crippen LogP contribution in [-0.2, 0) is 10.0 Å². The van der Waals surface area contributed by atoms with Gasteiger partial charge in [-0.3, -0.25) is 4.40 Å². The zero-order valence-electron chi connectivity index (χ0n) is 17.8. The monoisotopic (exact) mass is 483 g/mol. The number of fused-ring (bicyclic) bond motifs is 1. The van der Waals surface area contributed by atoms with Gasteiger partial charge in [-0.1, -0.05) is 7.43 Å². The Bertz CT molecular complexity index is 1440. The average Bonchev–Trinajstić information content (AvgIpc) is 3.27. The number of hydrogen-bond donors (Lipinski definition) is 3.